The van der Waals surface area contributed by atoms with Crippen LogP contribution in [0.5, 0.6) is 0 Å². The monoisotopic (exact) mass is 260 g/mol. The fourth-order valence-corrected chi connectivity index (χ4v) is 2.85. The highest BCUT2D eigenvalue weighted by Gasteiger charge is 2.23. The van der Waals surface area contributed by atoms with Crippen molar-refractivity contribution in [2.24, 2.45) is 11.8 Å². The van der Waals surface area contributed by atoms with E-state index < -0.39 is 11.9 Å². The number of urea groups is 1. The van der Waals surface area contributed by atoms with Crippen molar-refractivity contribution >= 4 is 23.8 Å². The molecular formula is C11H20N2O3S. The second-order valence-corrected chi connectivity index (χ2v) is 5.75. The molecular weight excluding hydrogens is 240 g/mol. The van der Waals surface area contributed by atoms with Crippen LogP contribution in [-0.4, -0.2) is 41.2 Å². The van der Waals surface area contributed by atoms with Crippen molar-refractivity contribution < 1.29 is 14.7 Å². The Morgan fingerprint density at radius 1 is 1.47 bits per heavy atom. The van der Waals surface area contributed by atoms with Crippen LogP contribution < -0.4 is 10.6 Å². The summed E-state index contributed by atoms with van der Waals surface area (Å²) in [5.41, 5.74) is 0. The van der Waals surface area contributed by atoms with E-state index in [9.17, 15) is 9.59 Å². The summed E-state index contributed by atoms with van der Waals surface area (Å²) < 4.78 is 0. The zero-order valence-electron chi connectivity index (χ0n) is 10.2. The van der Waals surface area contributed by atoms with Crippen LogP contribution in [0, 0.1) is 11.8 Å². The molecule has 3 N–H and O–H groups in total. The van der Waals surface area contributed by atoms with Gasteiger partial charge in [0.15, 0.2) is 0 Å². The second kappa shape index (κ2) is 6.74. The molecule has 0 aromatic rings. The summed E-state index contributed by atoms with van der Waals surface area (Å²) in [6, 6.07) is -0.0354. The van der Waals surface area contributed by atoms with Gasteiger partial charge in [-0.3, -0.25) is 4.79 Å². The molecule has 0 aliphatic carbocycles. The summed E-state index contributed by atoms with van der Waals surface area (Å²) in [5.74, 6) is 0.638. The van der Waals surface area contributed by atoms with E-state index in [0.717, 1.165) is 17.9 Å². The number of aliphatic carboxylic acids is 1. The third-order valence-electron chi connectivity index (χ3n) is 2.87. The maximum absolute atomic E-state index is 11.5. The minimum absolute atomic E-state index is 0.00911. The predicted octanol–water partition coefficient (Wildman–Crippen LogP) is 1.15. The second-order valence-electron chi connectivity index (χ2n) is 4.60. The highest BCUT2D eigenvalue weighted by Crippen LogP contribution is 2.16. The molecule has 98 valence electrons. The van der Waals surface area contributed by atoms with Gasteiger partial charge in [-0.15, -0.1) is 0 Å². The van der Waals surface area contributed by atoms with Gasteiger partial charge in [0.1, 0.15) is 0 Å². The lowest BCUT2D eigenvalue weighted by molar-refractivity contribution is -0.142. The first-order valence-electron chi connectivity index (χ1n) is 5.85. The van der Waals surface area contributed by atoms with Crippen molar-refractivity contribution in [2.75, 3.05) is 18.1 Å². The number of carboxylic acid groups (broad SMARTS) is 1. The van der Waals surface area contributed by atoms with Gasteiger partial charge in [0, 0.05) is 18.3 Å². The fourth-order valence-electron chi connectivity index (χ4n) is 1.70. The number of nitrogens with one attached hydrogen (secondary N) is 2. The number of carbonyl (C=O) groups excluding carboxylic acids is 1. The SMILES string of the molecule is CC(C)C(CNC(=O)NC1CCSC1)C(=O)O. The lowest BCUT2D eigenvalue weighted by Gasteiger charge is -2.18. The molecule has 5 nitrogen and oxygen atoms in total. The minimum Gasteiger partial charge on any atom is -0.481 e. The van der Waals surface area contributed by atoms with E-state index in [1.54, 1.807) is 0 Å². The minimum atomic E-state index is -0.864. The van der Waals surface area contributed by atoms with E-state index in [4.69, 9.17) is 5.11 Å². The van der Waals surface area contributed by atoms with Gasteiger partial charge in [0.05, 0.1) is 5.92 Å². The van der Waals surface area contributed by atoms with Gasteiger partial charge in [-0.05, 0) is 18.1 Å². The molecule has 1 rings (SSSR count). The number of thioether (sulfide) groups is 1. The van der Waals surface area contributed by atoms with Gasteiger partial charge < -0.3 is 15.7 Å². The Kier molecular flexibility index (Phi) is 5.61. The van der Waals surface area contributed by atoms with E-state index in [-0.39, 0.29) is 24.5 Å². The van der Waals surface area contributed by atoms with Crippen LogP contribution in [0.25, 0.3) is 0 Å². The number of carbonyl (C=O) groups is 2. The van der Waals surface area contributed by atoms with E-state index in [1.165, 1.54) is 0 Å². The van der Waals surface area contributed by atoms with Crippen LogP contribution in [0.1, 0.15) is 20.3 Å². The highest BCUT2D eigenvalue weighted by molar-refractivity contribution is 7.99. The van der Waals surface area contributed by atoms with Gasteiger partial charge in [-0.2, -0.15) is 11.8 Å². The zero-order valence-corrected chi connectivity index (χ0v) is 11.0. The fraction of sp³-hybridized carbons (Fsp3) is 0.818. The van der Waals surface area contributed by atoms with E-state index >= 15 is 0 Å². The number of rotatable bonds is 5. The average molecular weight is 260 g/mol. The molecule has 1 heterocycles. The molecule has 1 aliphatic rings. The van der Waals surface area contributed by atoms with Crippen molar-refractivity contribution in [3.8, 4) is 0 Å². The molecule has 17 heavy (non-hydrogen) atoms. The lowest BCUT2D eigenvalue weighted by atomic mass is 9.96. The summed E-state index contributed by atoms with van der Waals surface area (Å²) in [6.07, 6.45) is 0.991. The summed E-state index contributed by atoms with van der Waals surface area (Å²) in [5, 5.41) is 14.4. The third-order valence-corrected chi connectivity index (χ3v) is 4.03. The summed E-state index contributed by atoms with van der Waals surface area (Å²) in [7, 11) is 0. The quantitative estimate of drug-likeness (QED) is 0.693. The molecule has 6 heteroatoms. The molecule has 0 saturated carbocycles. The molecule has 2 unspecified atom stereocenters. The Morgan fingerprint density at radius 2 is 2.18 bits per heavy atom. The van der Waals surface area contributed by atoms with E-state index in [2.05, 4.69) is 10.6 Å². The topological polar surface area (TPSA) is 78.4 Å². The molecule has 0 aromatic heterocycles. The standard InChI is InChI=1S/C11H20N2O3S/c1-7(2)9(10(14)15)5-12-11(16)13-8-3-4-17-6-8/h7-9H,3-6H2,1-2H3,(H,14,15)(H2,12,13,16). The summed E-state index contributed by atoms with van der Waals surface area (Å²) >= 11 is 1.82. The summed E-state index contributed by atoms with van der Waals surface area (Å²) in [6.45, 7) is 3.86. The van der Waals surface area contributed by atoms with Crippen molar-refractivity contribution in [1.82, 2.24) is 10.6 Å². The molecule has 2 amide bonds. The first kappa shape index (κ1) is 14.2. The largest absolute Gasteiger partial charge is 0.481 e. The predicted molar refractivity (Wildman–Crippen MR) is 68.2 cm³/mol. The van der Waals surface area contributed by atoms with Crippen LogP contribution in [0.4, 0.5) is 4.79 Å². The molecule has 1 fully saturated rings. The van der Waals surface area contributed by atoms with Gasteiger partial charge in [-0.25, -0.2) is 4.79 Å². The Morgan fingerprint density at radius 3 is 2.65 bits per heavy atom. The van der Waals surface area contributed by atoms with Crippen molar-refractivity contribution in [1.29, 1.82) is 0 Å². The third kappa shape index (κ3) is 4.85. The van der Waals surface area contributed by atoms with Gasteiger partial charge in [0.2, 0.25) is 0 Å². The highest BCUT2D eigenvalue weighted by atomic mass is 32.2. The lowest BCUT2D eigenvalue weighted by Crippen LogP contribution is -2.45. The summed E-state index contributed by atoms with van der Waals surface area (Å²) in [4.78, 5) is 22.4. The maximum Gasteiger partial charge on any atom is 0.315 e. The smallest absolute Gasteiger partial charge is 0.315 e. The molecule has 1 aliphatic heterocycles. The van der Waals surface area contributed by atoms with Gasteiger partial charge in [-0.1, -0.05) is 13.8 Å². The number of carboxylic acids is 1. The molecule has 0 spiro atoms. The van der Waals surface area contributed by atoms with E-state index in [1.807, 2.05) is 25.6 Å². The Labute approximate surface area is 106 Å². The van der Waals surface area contributed by atoms with Crippen LogP contribution in [0.3, 0.4) is 0 Å². The Hall–Kier alpha value is -0.910. The van der Waals surface area contributed by atoms with Crippen LogP contribution in [-0.2, 0) is 4.79 Å². The number of amides is 2. The van der Waals surface area contributed by atoms with Crippen LogP contribution >= 0.6 is 11.8 Å². The molecule has 0 aromatic carbocycles. The van der Waals surface area contributed by atoms with Crippen LogP contribution in [0.2, 0.25) is 0 Å². The maximum atomic E-state index is 11.5. The molecule has 2 atom stereocenters. The first-order chi connectivity index (χ1) is 8.00. The van der Waals surface area contributed by atoms with Gasteiger partial charge >= 0.3 is 12.0 Å². The van der Waals surface area contributed by atoms with Crippen molar-refractivity contribution in [3.05, 3.63) is 0 Å². The van der Waals surface area contributed by atoms with Crippen molar-refractivity contribution in [3.63, 3.8) is 0 Å². The van der Waals surface area contributed by atoms with Crippen LogP contribution in [0.15, 0.2) is 0 Å². The average Bonchev–Trinajstić information content (AvgIpc) is 2.69. The Balaban J connectivity index is 2.28. The Bertz CT molecular complexity index is 278. The first-order valence-corrected chi connectivity index (χ1v) is 7.01. The molecule has 0 bridgehead atoms. The molecule has 0 radical (unpaired) electrons. The van der Waals surface area contributed by atoms with E-state index in [0.29, 0.717) is 0 Å². The number of hydrogen-bond acceptors (Lipinski definition) is 3. The normalized spacial score (nSPS) is 21.2. The number of hydrogen-bond donors (Lipinski definition) is 3. The van der Waals surface area contributed by atoms with Gasteiger partial charge in [0.25, 0.3) is 0 Å². The molecule has 1 saturated heterocycles. The van der Waals surface area contributed by atoms with Crippen molar-refractivity contribution in [2.45, 2.75) is 26.3 Å². The zero-order chi connectivity index (χ0) is 12.8.